The van der Waals surface area contributed by atoms with Crippen molar-refractivity contribution in [2.24, 2.45) is 0 Å². The Morgan fingerprint density at radius 1 is 1.26 bits per heavy atom. The number of nitro benzene ring substituents is 1. The molecule has 0 saturated carbocycles. The van der Waals surface area contributed by atoms with Gasteiger partial charge in [0, 0.05) is 35.9 Å². The smallest absolute Gasteiger partial charge is 0.273 e. The second-order valence-electron chi connectivity index (χ2n) is 6.31. The first-order valence-electron chi connectivity index (χ1n) is 8.56. The van der Waals surface area contributed by atoms with Gasteiger partial charge in [-0.15, -0.1) is 10.2 Å². The van der Waals surface area contributed by atoms with E-state index < -0.39 is 4.92 Å². The molecule has 27 heavy (non-hydrogen) atoms. The second-order valence-corrected chi connectivity index (χ2v) is 6.31. The third-order valence-electron chi connectivity index (χ3n) is 4.43. The number of hydrogen-bond donors (Lipinski definition) is 0. The van der Waals surface area contributed by atoms with E-state index in [2.05, 4.69) is 10.2 Å². The monoisotopic (exact) mass is 372 g/mol. The fourth-order valence-electron chi connectivity index (χ4n) is 2.99. The molecule has 0 radical (unpaired) electrons. The van der Waals surface area contributed by atoms with Crippen LogP contribution in [-0.2, 0) is 0 Å². The summed E-state index contributed by atoms with van der Waals surface area (Å²) in [6, 6.07) is 7.85. The number of aryl methyl sites for hydroxylation is 1. The third kappa shape index (κ3) is 4.30. The van der Waals surface area contributed by atoms with Crippen molar-refractivity contribution >= 4 is 11.6 Å². The van der Waals surface area contributed by atoms with Gasteiger partial charge in [0.2, 0.25) is 11.8 Å². The van der Waals surface area contributed by atoms with E-state index in [0.717, 1.165) is 12.8 Å². The molecule has 0 aliphatic carbocycles. The number of nitro groups is 1. The number of rotatable bonds is 5. The summed E-state index contributed by atoms with van der Waals surface area (Å²) in [5, 5.41) is 18.9. The Labute approximate surface area is 156 Å². The lowest BCUT2D eigenvalue weighted by Gasteiger charge is -2.32. The minimum absolute atomic E-state index is 0.0563. The van der Waals surface area contributed by atoms with Crippen LogP contribution in [0.1, 0.15) is 28.8 Å². The fraction of sp³-hybridized carbons (Fsp3) is 0.389. The number of piperidine rings is 1. The van der Waals surface area contributed by atoms with E-state index in [1.54, 1.807) is 36.1 Å². The quantitative estimate of drug-likeness (QED) is 0.586. The summed E-state index contributed by atoms with van der Waals surface area (Å²) in [5.74, 6) is 0.511. The van der Waals surface area contributed by atoms with Gasteiger partial charge < -0.3 is 14.4 Å². The number of likely N-dealkylation sites (tertiary alicyclic amines) is 1. The van der Waals surface area contributed by atoms with Gasteiger partial charge in [0.1, 0.15) is 6.10 Å². The highest BCUT2D eigenvalue weighted by Gasteiger charge is 2.27. The van der Waals surface area contributed by atoms with Crippen LogP contribution >= 0.6 is 0 Å². The molecule has 1 aliphatic heterocycles. The van der Waals surface area contributed by atoms with Gasteiger partial charge >= 0.3 is 0 Å². The molecule has 3 rings (SSSR count). The highest BCUT2D eigenvalue weighted by Crippen LogP contribution is 2.23. The topological polar surface area (TPSA) is 108 Å². The van der Waals surface area contributed by atoms with Crippen molar-refractivity contribution < 1.29 is 19.2 Å². The molecule has 1 aliphatic rings. The lowest BCUT2D eigenvalue weighted by atomic mass is 10.0. The van der Waals surface area contributed by atoms with Crippen LogP contribution in [0.4, 0.5) is 5.69 Å². The summed E-state index contributed by atoms with van der Waals surface area (Å²) in [6.07, 6.45) is 1.34. The van der Waals surface area contributed by atoms with Gasteiger partial charge in [-0.2, -0.15) is 0 Å². The number of aromatic nitrogens is 2. The van der Waals surface area contributed by atoms with E-state index in [4.69, 9.17) is 9.47 Å². The Morgan fingerprint density at radius 3 is 2.67 bits per heavy atom. The molecule has 1 unspecified atom stereocenters. The molecule has 0 spiro atoms. The Kier molecular flexibility index (Phi) is 5.49. The Balaban J connectivity index is 1.69. The molecular formula is C18H20N4O5. The molecule has 9 nitrogen and oxygen atoms in total. The Hall–Kier alpha value is -3.23. The molecule has 2 heterocycles. The first-order valence-corrected chi connectivity index (χ1v) is 8.56. The van der Waals surface area contributed by atoms with Gasteiger partial charge in [0.25, 0.3) is 11.6 Å². The van der Waals surface area contributed by atoms with Crippen LogP contribution in [0, 0.1) is 17.0 Å². The molecule has 142 valence electrons. The number of carbonyl (C=O) groups excluding carboxylic acids is 1. The molecule has 0 N–H and O–H groups in total. The van der Waals surface area contributed by atoms with Crippen LogP contribution in [-0.4, -0.2) is 52.2 Å². The Morgan fingerprint density at radius 2 is 2.00 bits per heavy atom. The number of ether oxygens (including phenoxy) is 2. The van der Waals surface area contributed by atoms with Crippen LogP contribution < -0.4 is 9.47 Å². The van der Waals surface area contributed by atoms with E-state index in [1.807, 2.05) is 0 Å². The number of carbonyl (C=O) groups is 1. The van der Waals surface area contributed by atoms with E-state index >= 15 is 0 Å². The van der Waals surface area contributed by atoms with Gasteiger partial charge in [-0.3, -0.25) is 14.9 Å². The van der Waals surface area contributed by atoms with Crippen molar-refractivity contribution in [1.29, 1.82) is 0 Å². The summed E-state index contributed by atoms with van der Waals surface area (Å²) >= 11 is 0. The van der Waals surface area contributed by atoms with Gasteiger partial charge in [-0.05, 0) is 25.8 Å². The Bertz CT molecular complexity index is 840. The number of nitrogens with zero attached hydrogens (tertiary/aromatic N) is 4. The number of amides is 1. The normalized spacial score (nSPS) is 16.7. The number of hydrogen-bond acceptors (Lipinski definition) is 7. The lowest BCUT2D eigenvalue weighted by Crippen LogP contribution is -2.44. The van der Waals surface area contributed by atoms with Gasteiger partial charge in [-0.25, -0.2) is 0 Å². The maximum absolute atomic E-state index is 12.8. The molecular weight excluding hydrogens is 352 g/mol. The van der Waals surface area contributed by atoms with Crippen molar-refractivity contribution in [2.75, 3.05) is 20.2 Å². The second kappa shape index (κ2) is 7.98. The zero-order chi connectivity index (χ0) is 19.4. The predicted octanol–water partition coefficient (Wildman–Crippen LogP) is 2.39. The molecule has 1 aromatic heterocycles. The summed E-state index contributed by atoms with van der Waals surface area (Å²) in [6.45, 7) is 2.61. The maximum Gasteiger partial charge on any atom is 0.273 e. The first kappa shape index (κ1) is 18.6. The highest BCUT2D eigenvalue weighted by atomic mass is 16.6. The molecule has 1 aromatic carbocycles. The molecule has 1 saturated heterocycles. The zero-order valence-electron chi connectivity index (χ0n) is 15.1. The third-order valence-corrected chi connectivity index (χ3v) is 4.43. The molecule has 1 amide bonds. The standard InChI is InChI=1S/C18H20N4O5/c1-12-5-6-13(10-15(12)22(24)25)18(23)21-9-3-4-14(11-21)27-17-8-7-16(26-2)19-20-17/h5-8,10,14H,3-4,9,11H2,1-2H3. The van der Waals surface area contributed by atoms with Gasteiger partial charge in [-0.1, -0.05) is 6.07 Å². The first-order chi connectivity index (χ1) is 13.0. The fourth-order valence-corrected chi connectivity index (χ4v) is 2.99. The van der Waals surface area contributed by atoms with Crippen molar-refractivity contribution in [3.8, 4) is 11.8 Å². The molecule has 0 bridgehead atoms. The molecule has 1 fully saturated rings. The van der Waals surface area contributed by atoms with E-state index in [1.165, 1.54) is 13.2 Å². The van der Waals surface area contributed by atoms with Crippen molar-refractivity contribution in [1.82, 2.24) is 15.1 Å². The predicted molar refractivity (Wildman–Crippen MR) is 96.0 cm³/mol. The van der Waals surface area contributed by atoms with Crippen LogP contribution in [0.25, 0.3) is 0 Å². The average Bonchev–Trinajstić information content (AvgIpc) is 2.68. The summed E-state index contributed by atoms with van der Waals surface area (Å²) in [5.41, 5.74) is 0.769. The van der Waals surface area contributed by atoms with Crippen LogP contribution in [0.2, 0.25) is 0 Å². The van der Waals surface area contributed by atoms with Gasteiger partial charge in [0.05, 0.1) is 18.6 Å². The molecule has 2 aromatic rings. The van der Waals surface area contributed by atoms with E-state index in [0.29, 0.717) is 36.0 Å². The largest absolute Gasteiger partial charge is 0.480 e. The zero-order valence-corrected chi connectivity index (χ0v) is 15.1. The van der Waals surface area contributed by atoms with Crippen LogP contribution in [0.15, 0.2) is 30.3 Å². The van der Waals surface area contributed by atoms with Crippen LogP contribution in [0.5, 0.6) is 11.8 Å². The highest BCUT2D eigenvalue weighted by molar-refractivity contribution is 5.95. The SMILES string of the molecule is COc1ccc(OC2CCCN(C(=O)c3ccc(C)c([N+](=O)[O-])c3)C2)nn1. The molecule has 1 atom stereocenters. The maximum atomic E-state index is 12.8. The minimum Gasteiger partial charge on any atom is -0.480 e. The summed E-state index contributed by atoms with van der Waals surface area (Å²) < 4.78 is 10.8. The minimum atomic E-state index is -0.476. The van der Waals surface area contributed by atoms with Crippen molar-refractivity contribution in [3.05, 3.63) is 51.6 Å². The van der Waals surface area contributed by atoms with Crippen molar-refractivity contribution in [2.45, 2.75) is 25.9 Å². The van der Waals surface area contributed by atoms with E-state index in [-0.39, 0.29) is 17.7 Å². The lowest BCUT2D eigenvalue weighted by molar-refractivity contribution is -0.385. The van der Waals surface area contributed by atoms with E-state index in [9.17, 15) is 14.9 Å². The summed E-state index contributed by atoms with van der Waals surface area (Å²) in [4.78, 5) is 25.1. The van der Waals surface area contributed by atoms with Gasteiger partial charge in [0.15, 0.2) is 0 Å². The van der Waals surface area contributed by atoms with Crippen LogP contribution in [0.3, 0.4) is 0 Å². The van der Waals surface area contributed by atoms with Crippen molar-refractivity contribution in [3.63, 3.8) is 0 Å². The number of benzene rings is 1. The summed E-state index contributed by atoms with van der Waals surface area (Å²) in [7, 11) is 1.50. The molecule has 9 heteroatoms. The average molecular weight is 372 g/mol. The number of methoxy groups -OCH3 is 1.